The van der Waals surface area contributed by atoms with Crippen molar-refractivity contribution in [2.75, 3.05) is 7.11 Å². The zero-order chi connectivity index (χ0) is 15.1. The number of methoxy groups -OCH3 is 1. The molecule has 0 aliphatic carbocycles. The molecule has 0 spiro atoms. The van der Waals surface area contributed by atoms with Crippen LogP contribution in [0.5, 0.6) is 5.75 Å². The van der Waals surface area contributed by atoms with Crippen LogP contribution in [0.1, 0.15) is 26.5 Å². The van der Waals surface area contributed by atoms with Crippen LogP contribution in [-0.4, -0.2) is 16.7 Å². The number of imidazole rings is 1. The lowest BCUT2D eigenvalue weighted by molar-refractivity contribution is 0.411. The summed E-state index contributed by atoms with van der Waals surface area (Å²) in [5.41, 5.74) is 2.06. The third kappa shape index (κ3) is 2.87. The molecule has 0 saturated carbocycles. The Morgan fingerprint density at radius 1 is 1.20 bits per heavy atom. The minimum atomic E-state index is -0.0205. The van der Waals surface area contributed by atoms with Crippen molar-refractivity contribution in [1.29, 1.82) is 0 Å². The predicted molar refractivity (Wildman–Crippen MR) is 91.6 cm³/mol. The second kappa shape index (κ2) is 5.66. The van der Waals surface area contributed by atoms with Crippen molar-refractivity contribution in [3.63, 3.8) is 0 Å². The van der Waals surface area contributed by atoms with E-state index < -0.39 is 0 Å². The SMILES string of the molecule is COc1cc(-n2c(C(C)(C)C)c[nH]c2=S)c(Br)cc1Br. The molecule has 20 heavy (non-hydrogen) atoms. The van der Waals surface area contributed by atoms with Crippen molar-refractivity contribution >= 4 is 44.1 Å². The van der Waals surface area contributed by atoms with Gasteiger partial charge in [-0.2, -0.15) is 0 Å². The Labute approximate surface area is 140 Å². The molecule has 108 valence electrons. The molecule has 1 aromatic heterocycles. The van der Waals surface area contributed by atoms with Crippen molar-refractivity contribution in [1.82, 2.24) is 9.55 Å². The number of nitrogens with one attached hydrogen (secondary N) is 1. The largest absolute Gasteiger partial charge is 0.495 e. The van der Waals surface area contributed by atoms with Crippen LogP contribution in [0.3, 0.4) is 0 Å². The molecule has 0 bridgehead atoms. The summed E-state index contributed by atoms with van der Waals surface area (Å²) < 4.78 is 9.93. The highest BCUT2D eigenvalue weighted by molar-refractivity contribution is 9.11. The Morgan fingerprint density at radius 3 is 2.40 bits per heavy atom. The lowest BCUT2D eigenvalue weighted by Gasteiger charge is -2.22. The Hall–Kier alpha value is -0.590. The van der Waals surface area contributed by atoms with Gasteiger partial charge in [-0.15, -0.1) is 0 Å². The van der Waals surface area contributed by atoms with Gasteiger partial charge in [-0.05, 0) is 50.1 Å². The highest BCUT2D eigenvalue weighted by atomic mass is 79.9. The molecule has 1 N–H and O–H groups in total. The first-order chi connectivity index (χ1) is 9.25. The molecule has 1 heterocycles. The van der Waals surface area contributed by atoms with Crippen molar-refractivity contribution in [3.05, 3.63) is 37.7 Å². The molecule has 2 aromatic rings. The average Bonchev–Trinajstić information content (AvgIpc) is 2.71. The van der Waals surface area contributed by atoms with Crippen LogP contribution in [0.15, 0.2) is 27.3 Å². The Balaban J connectivity index is 2.75. The maximum absolute atomic E-state index is 5.43. The third-order valence-corrected chi connectivity index (χ3v) is 4.56. The molecular formula is C14H16Br2N2OS. The highest BCUT2D eigenvalue weighted by Crippen LogP contribution is 2.35. The summed E-state index contributed by atoms with van der Waals surface area (Å²) in [7, 11) is 1.65. The number of ether oxygens (including phenoxy) is 1. The molecular weight excluding hydrogens is 404 g/mol. The van der Waals surface area contributed by atoms with Gasteiger partial charge in [0.1, 0.15) is 5.75 Å². The first-order valence-corrected chi connectivity index (χ1v) is 8.09. The first-order valence-electron chi connectivity index (χ1n) is 6.10. The van der Waals surface area contributed by atoms with E-state index in [2.05, 4.69) is 57.6 Å². The number of benzene rings is 1. The molecule has 0 fully saturated rings. The van der Waals surface area contributed by atoms with Crippen LogP contribution in [0.2, 0.25) is 0 Å². The van der Waals surface area contributed by atoms with E-state index in [1.807, 2.05) is 22.9 Å². The van der Waals surface area contributed by atoms with E-state index in [1.165, 1.54) is 0 Å². The van der Waals surface area contributed by atoms with Crippen LogP contribution in [0.4, 0.5) is 0 Å². The number of H-pyrrole nitrogens is 1. The summed E-state index contributed by atoms with van der Waals surface area (Å²) in [6.45, 7) is 6.47. The fraction of sp³-hybridized carbons (Fsp3) is 0.357. The highest BCUT2D eigenvalue weighted by Gasteiger charge is 2.22. The smallest absolute Gasteiger partial charge is 0.182 e. The number of hydrogen-bond donors (Lipinski definition) is 1. The quantitative estimate of drug-likeness (QED) is 0.663. The van der Waals surface area contributed by atoms with E-state index >= 15 is 0 Å². The summed E-state index contributed by atoms with van der Waals surface area (Å²) in [6.07, 6.45) is 1.96. The summed E-state index contributed by atoms with van der Waals surface area (Å²) >= 11 is 12.5. The zero-order valence-corrected chi connectivity index (χ0v) is 15.7. The van der Waals surface area contributed by atoms with Gasteiger partial charge in [-0.25, -0.2) is 0 Å². The Kier molecular flexibility index (Phi) is 4.47. The van der Waals surface area contributed by atoms with Gasteiger partial charge in [-0.3, -0.25) is 4.57 Å². The van der Waals surface area contributed by atoms with Crippen molar-refractivity contribution in [2.45, 2.75) is 26.2 Å². The lowest BCUT2D eigenvalue weighted by atomic mass is 9.92. The number of rotatable bonds is 2. The van der Waals surface area contributed by atoms with Gasteiger partial charge < -0.3 is 9.72 Å². The zero-order valence-electron chi connectivity index (χ0n) is 11.8. The topological polar surface area (TPSA) is 29.9 Å². The third-order valence-electron chi connectivity index (χ3n) is 3.01. The molecule has 0 amide bonds. The molecule has 2 rings (SSSR count). The molecule has 0 aliphatic rings. The van der Waals surface area contributed by atoms with Crippen LogP contribution >= 0.6 is 44.1 Å². The van der Waals surface area contributed by atoms with E-state index in [1.54, 1.807) is 7.11 Å². The Bertz CT molecular complexity index is 698. The first kappa shape index (κ1) is 15.8. The van der Waals surface area contributed by atoms with Crippen LogP contribution in [0.25, 0.3) is 5.69 Å². The van der Waals surface area contributed by atoms with Crippen molar-refractivity contribution in [2.24, 2.45) is 0 Å². The molecule has 0 radical (unpaired) electrons. The van der Waals surface area contributed by atoms with Gasteiger partial charge in [-0.1, -0.05) is 20.8 Å². The van der Waals surface area contributed by atoms with Crippen molar-refractivity contribution < 1.29 is 4.74 Å². The van der Waals surface area contributed by atoms with E-state index in [4.69, 9.17) is 17.0 Å². The molecule has 0 unspecified atom stereocenters. The van der Waals surface area contributed by atoms with Gasteiger partial charge in [0.25, 0.3) is 0 Å². The van der Waals surface area contributed by atoms with Crippen LogP contribution in [-0.2, 0) is 5.41 Å². The average molecular weight is 420 g/mol. The maximum atomic E-state index is 5.43. The maximum Gasteiger partial charge on any atom is 0.182 e. The van der Waals surface area contributed by atoms with Crippen LogP contribution in [0, 0.1) is 4.77 Å². The summed E-state index contributed by atoms with van der Waals surface area (Å²) in [5, 5.41) is 0. The van der Waals surface area contributed by atoms with Crippen LogP contribution < -0.4 is 4.74 Å². The molecule has 0 atom stereocenters. The van der Waals surface area contributed by atoms with Gasteiger partial charge in [0.05, 0.1) is 17.3 Å². The number of halogens is 2. The molecule has 6 heteroatoms. The number of hydrogen-bond acceptors (Lipinski definition) is 2. The van der Waals surface area contributed by atoms with E-state index in [9.17, 15) is 0 Å². The number of aromatic nitrogens is 2. The van der Waals surface area contributed by atoms with E-state index in [0.717, 1.165) is 26.1 Å². The van der Waals surface area contributed by atoms with Gasteiger partial charge in [0, 0.05) is 27.8 Å². The summed E-state index contributed by atoms with van der Waals surface area (Å²) in [4.78, 5) is 3.13. The molecule has 3 nitrogen and oxygen atoms in total. The van der Waals surface area contributed by atoms with E-state index in [-0.39, 0.29) is 5.41 Å². The molecule has 1 aromatic carbocycles. The minimum Gasteiger partial charge on any atom is -0.495 e. The molecule has 0 saturated heterocycles. The summed E-state index contributed by atoms with van der Waals surface area (Å²) in [5.74, 6) is 0.770. The second-order valence-electron chi connectivity index (χ2n) is 5.50. The Morgan fingerprint density at radius 2 is 1.85 bits per heavy atom. The fourth-order valence-corrected chi connectivity index (χ4v) is 3.59. The summed E-state index contributed by atoms with van der Waals surface area (Å²) in [6, 6.07) is 3.93. The standard InChI is InChI=1S/C14H16Br2N2OS/c1-14(2,3)12-7-17-13(20)18(12)10-6-11(19-4)9(16)5-8(10)15/h5-7H,1-4H3,(H,17,20). The van der Waals surface area contributed by atoms with E-state index in [0.29, 0.717) is 4.77 Å². The normalized spacial score (nSPS) is 11.7. The second-order valence-corrected chi connectivity index (χ2v) is 7.60. The minimum absolute atomic E-state index is 0.0205. The monoisotopic (exact) mass is 418 g/mol. The number of aromatic amines is 1. The fourth-order valence-electron chi connectivity index (χ4n) is 2.01. The van der Waals surface area contributed by atoms with Gasteiger partial charge >= 0.3 is 0 Å². The molecule has 0 aliphatic heterocycles. The van der Waals surface area contributed by atoms with Gasteiger partial charge in [0.2, 0.25) is 0 Å². The van der Waals surface area contributed by atoms with Crippen molar-refractivity contribution in [3.8, 4) is 11.4 Å². The number of nitrogens with zero attached hydrogens (tertiary/aromatic N) is 1. The predicted octanol–water partition coefficient (Wildman–Crippen LogP) is 5.37. The van der Waals surface area contributed by atoms with Gasteiger partial charge in [0.15, 0.2) is 4.77 Å². The lowest BCUT2D eigenvalue weighted by Crippen LogP contribution is -2.17.